The lowest BCUT2D eigenvalue weighted by molar-refractivity contribution is -0.143. The molecule has 1 aliphatic heterocycles. The van der Waals surface area contributed by atoms with Crippen molar-refractivity contribution < 1.29 is 19.1 Å². The maximum Gasteiger partial charge on any atom is 0.333 e. The van der Waals surface area contributed by atoms with Crippen molar-refractivity contribution in [3.63, 3.8) is 0 Å². The molecule has 4 nitrogen and oxygen atoms in total. The summed E-state index contributed by atoms with van der Waals surface area (Å²) in [6, 6.07) is 0. The van der Waals surface area contributed by atoms with Gasteiger partial charge in [-0.3, -0.25) is 4.79 Å². The Kier molecular flexibility index (Phi) is 3.19. The number of ketones is 1. The molecule has 1 atom stereocenters. The van der Waals surface area contributed by atoms with Crippen LogP contribution in [0.1, 0.15) is 13.3 Å². The topological polar surface area (TPSA) is 55.9 Å². The molecule has 1 aliphatic rings. The molecular weight excluding hydrogens is 172 g/mol. The minimum atomic E-state index is -0.509. The fourth-order valence-corrected chi connectivity index (χ4v) is 0.813. The third-order valence-electron chi connectivity index (χ3n) is 1.57. The molecule has 13 heavy (non-hydrogen) atoms. The van der Waals surface area contributed by atoms with Crippen LogP contribution in [-0.2, 0) is 19.1 Å². The smallest absolute Gasteiger partial charge is 0.333 e. The summed E-state index contributed by atoms with van der Waals surface area (Å²) in [5.41, 5.74) is 0.365. The van der Waals surface area contributed by atoms with Gasteiger partial charge in [0.05, 0.1) is 12.7 Å². The Morgan fingerprint density at radius 3 is 2.69 bits per heavy atom. The second kappa shape index (κ2) is 4.18. The van der Waals surface area contributed by atoms with Crippen LogP contribution in [0.4, 0.5) is 0 Å². The zero-order valence-corrected chi connectivity index (χ0v) is 7.54. The molecule has 0 aromatic heterocycles. The predicted molar refractivity (Wildman–Crippen MR) is 45.1 cm³/mol. The second-order valence-electron chi connectivity index (χ2n) is 3.04. The summed E-state index contributed by atoms with van der Waals surface area (Å²) in [4.78, 5) is 21.6. The maximum atomic E-state index is 11.1. The van der Waals surface area contributed by atoms with E-state index in [9.17, 15) is 9.59 Å². The van der Waals surface area contributed by atoms with Crippen LogP contribution in [0.25, 0.3) is 0 Å². The van der Waals surface area contributed by atoms with Crippen LogP contribution in [0.2, 0.25) is 0 Å². The Morgan fingerprint density at radius 2 is 2.23 bits per heavy atom. The standard InChI is InChI=1S/C9H12O4/c1-6(3-8-5-12-8)9(11)13-4-7(2)10/h8H,1,3-5H2,2H3. The van der Waals surface area contributed by atoms with Gasteiger partial charge in [0.2, 0.25) is 0 Å². The summed E-state index contributed by atoms with van der Waals surface area (Å²) < 4.78 is 9.57. The summed E-state index contributed by atoms with van der Waals surface area (Å²) in [6.07, 6.45) is 0.619. The molecule has 0 aromatic rings. The predicted octanol–water partition coefficient (Wildman–Crippen LogP) is 0.464. The van der Waals surface area contributed by atoms with Crippen LogP contribution >= 0.6 is 0 Å². The fourth-order valence-electron chi connectivity index (χ4n) is 0.813. The molecule has 0 radical (unpaired) electrons. The van der Waals surface area contributed by atoms with Crippen LogP contribution in [0, 0.1) is 0 Å². The lowest BCUT2D eigenvalue weighted by Crippen LogP contribution is -2.13. The van der Waals surface area contributed by atoms with E-state index in [1.54, 1.807) is 0 Å². The van der Waals surface area contributed by atoms with E-state index in [4.69, 9.17) is 4.74 Å². The minimum Gasteiger partial charge on any atom is -0.454 e. The monoisotopic (exact) mass is 184 g/mol. The maximum absolute atomic E-state index is 11.1. The molecule has 0 bridgehead atoms. The normalized spacial score (nSPS) is 19.3. The van der Waals surface area contributed by atoms with Gasteiger partial charge in [0.15, 0.2) is 5.78 Å². The highest BCUT2D eigenvalue weighted by Gasteiger charge is 2.25. The van der Waals surface area contributed by atoms with Crippen molar-refractivity contribution >= 4 is 11.8 Å². The van der Waals surface area contributed by atoms with Gasteiger partial charge >= 0.3 is 5.97 Å². The first-order valence-corrected chi connectivity index (χ1v) is 4.05. The molecule has 0 N–H and O–H groups in total. The largest absolute Gasteiger partial charge is 0.454 e. The summed E-state index contributed by atoms with van der Waals surface area (Å²) in [7, 11) is 0. The number of rotatable bonds is 5. The van der Waals surface area contributed by atoms with Gasteiger partial charge in [0.1, 0.15) is 6.61 Å². The SMILES string of the molecule is C=C(CC1CO1)C(=O)OCC(C)=O. The van der Waals surface area contributed by atoms with Gasteiger partial charge in [-0.1, -0.05) is 6.58 Å². The van der Waals surface area contributed by atoms with E-state index in [-0.39, 0.29) is 18.5 Å². The first kappa shape index (κ1) is 9.92. The summed E-state index contributed by atoms with van der Waals surface area (Å²) in [5, 5.41) is 0. The van der Waals surface area contributed by atoms with Gasteiger partial charge in [-0.15, -0.1) is 0 Å². The quantitative estimate of drug-likeness (QED) is 0.354. The van der Waals surface area contributed by atoms with Crippen molar-refractivity contribution in [2.45, 2.75) is 19.4 Å². The van der Waals surface area contributed by atoms with E-state index in [1.165, 1.54) is 6.92 Å². The van der Waals surface area contributed by atoms with Crippen LogP contribution in [0.15, 0.2) is 12.2 Å². The van der Waals surface area contributed by atoms with Gasteiger partial charge in [-0.25, -0.2) is 4.79 Å². The summed E-state index contributed by atoms with van der Waals surface area (Å²) >= 11 is 0. The van der Waals surface area contributed by atoms with E-state index in [0.717, 1.165) is 0 Å². The Morgan fingerprint density at radius 1 is 1.62 bits per heavy atom. The van der Waals surface area contributed by atoms with Crippen molar-refractivity contribution in [1.82, 2.24) is 0 Å². The molecule has 1 heterocycles. The van der Waals surface area contributed by atoms with Gasteiger partial charge in [0.25, 0.3) is 0 Å². The number of Topliss-reactive ketones (excluding diaryl/α,β-unsaturated/α-hetero) is 1. The van der Waals surface area contributed by atoms with Crippen molar-refractivity contribution in [3.8, 4) is 0 Å². The highest BCUT2D eigenvalue weighted by Crippen LogP contribution is 2.18. The number of carbonyl (C=O) groups excluding carboxylic acids is 2. The van der Waals surface area contributed by atoms with E-state index in [0.29, 0.717) is 18.6 Å². The highest BCUT2D eigenvalue weighted by atomic mass is 16.6. The molecule has 0 aromatic carbocycles. The molecule has 0 amide bonds. The number of hydrogen-bond acceptors (Lipinski definition) is 4. The molecule has 1 unspecified atom stereocenters. The van der Waals surface area contributed by atoms with Gasteiger partial charge in [-0.05, 0) is 6.92 Å². The highest BCUT2D eigenvalue weighted by molar-refractivity contribution is 5.89. The Hall–Kier alpha value is -1.16. The van der Waals surface area contributed by atoms with Crippen molar-refractivity contribution in [2.75, 3.05) is 13.2 Å². The fraction of sp³-hybridized carbons (Fsp3) is 0.556. The van der Waals surface area contributed by atoms with Gasteiger partial charge in [0, 0.05) is 12.0 Å². The molecular formula is C9H12O4. The van der Waals surface area contributed by atoms with Crippen LogP contribution < -0.4 is 0 Å². The number of esters is 1. The Balaban J connectivity index is 2.20. The van der Waals surface area contributed by atoms with Gasteiger partial charge in [-0.2, -0.15) is 0 Å². The Labute approximate surface area is 76.5 Å². The minimum absolute atomic E-state index is 0.123. The third kappa shape index (κ3) is 3.85. The van der Waals surface area contributed by atoms with Crippen LogP contribution in [-0.4, -0.2) is 31.1 Å². The zero-order valence-electron chi connectivity index (χ0n) is 7.54. The lowest BCUT2D eigenvalue weighted by Gasteiger charge is -2.03. The molecule has 4 heteroatoms. The molecule has 1 rings (SSSR count). The molecule has 0 aliphatic carbocycles. The number of hydrogen-bond donors (Lipinski definition) is 0. The molecule has 0 spiro atoms. The molecule has 0 saturated carbocycles. The lowest BCUT2D eigenvalue weighted by atomic mass is 10.2. The number of ether oxygens (including phenoxy) is 2. The zero-order chi connectivity index (χ0) is 9.84. The number of carbonyl (C=O) groups is 2. The number of epoxide rings is 1. The van der Waals surface area contributed by atoms with Crippen molar-refractivity contribution in [3.05, 3.63) is 12.2 Å². The molecule has 1 fully saturated rings. The van der Waals surface area contributed by atoms with Crippen LogP contribution in [0.5, 0.6) is 0 Å². The second-order valence-corrected chi connectivity index (χ2v) is 3.04. The van der Waals surface area contributed by atoms with Crippen LogP contribution in [0.3, 0.4) is 0 Å². The average Bonchev–Trinajstić information content (AvgIpc) is 2.83. The molecule has 1 saturated heterocycles. The molecule has 72 valence electrons. The summed E-state index contributed by atoms with van der Waals surface area (Å²) in [6.45, 7) is 5.41. The van der Waals surface area contributed by atoms with Crippen molar-refractivity contribution in [2.24, 2.45) is 0 Å². The van der Waals surface area contributed by atoms with E-state index < -0.39 is 5.97 Å². The van der Waals surface area contributed by atoms with Gasteiger partial charge < -0.3 is 9.47 Å². The third-order valence-corrected chi connectivity index (χ3v) is 1.57. The summed E-state index contributed by atoms with van der Waals surface area (Å²) in [5.74, 6) is -0.686. The average molecular weight is 184 g/mol. The first-order valence-electron chi connectivity index (χ1n) is 4.05. The van der Waals surface area contributed by atoms with E-state index in [1.807, 2.05) is 0 Å². The Bertz CT molecular complexity index is 240. The first-order chi connectivity index (χ1) is 6.09. The van der Waals surface area contributed by atoms with E-state index >= 15 is 0 Å². The van der Waals surface area contributed by atoms with Crippen molar-refractivity contribution in [1.29, 1.82) is 0 Å². The van der Waals surface area contributed by atoms with E-state index in [2.05, 4.69) is 11.3 Å².